The van der Waals surface area contributed by atoms with Crippen molar-refractivity contribution in [2.75, 3.05) is 24.7 Å². The zero-order valence-corrected chi connectivity index (χ0v) is 17.6. The quantitative estimate of drug-likeness (QED) is 0.653. The third kappa shape index (κ3) is 4.31. The molecule has 0 saturated carbocycles. The lowest BCUT2D eigenvalue weighted by Gasteiger charge is -2.23. The van der Waals surface area contributed by atoms with Gasteiger partial charge in [-0.15, -0.1) is 11.3 Å². The number of thiazole rings is 1. The zero-order valence-electron chi connectivity index (χ0n) is 16.8. The van der Waals surface area contributed by atoms with Crippen LogP contribution >= 0.6 is 11.3 Å². The van der Waals surface area contributed by atoms with E-state index in [1.54, 1.807) is 6.20 Å². The third-order valence-electron chi connectivity index (χ3n) is 4.80. The summed E-state index contributed by atoms with van der Waals surface area (Å²) in [7, 11) is 0. The molecule has 3 aromatic rings. The smallest absolute Gasteiger partial charge is 0.254 e. The number of hydrogen-bond acceptors (Lipinski definition) is 6. The van der Waals surface area contributed by atoms with E-state index in [1.165, 1.54) is 11.3 Å². The van der Waals surface area contributed by atoms with Crippen LogP contribution in [-0.4, -0.2) is 46.5 Å². The van der Waals surface area contributed by atoms with E-state index >= 15 is 0 Å². The highest BCUT2D eigenvalue weighted by atomic mass is 32.1. The first-order chi connectivity index (χ1) is 14.0. The Hall–Kier alpha value is -2.77. The molecule has 1 aliphatic heterocycles. The molecule has 0 aliphatic carbocycles. The molecule has 2 aromatic heterocycles. The van der Waals surface area contributed by atoms with E-state index in [0.717, 1.165) is 27.6 Å². The lowest BCUT2D eigenvalue weighted by Crippen LogP contribution is -2.37. The van der Waals surface area contributed by atoms with Crippen molar-refractivity contribution in [2.45, 2.75) is 26.9 Å². The number of rotatable bonds is 3. The summed E-state index contributed by atoms with van der Waals surface area (Å²) in [5.74, 6) is 0.785. The van der Waals surface area contributed by atoms with Crippen molar-refractivity contribution in [1.82, 2.24) is 14.9 Å². The van der Waals surface area contributed by atoms with Gasteiger partial charge in [-0.25, -0.2) is 15.0 Å². The molecule has 1 atom stereocenters. The molecule has 1 saturated heterocycles. The molecule has 6 nitrogen and oxygen atoms in total. The fourth-order valence-electron chi connectivity index (χ4n) is 3.60. The molecule has 0 N–H and O–H groups in total. The number of aromatic nitrogens is 2. The second-order valence-corrected chi connectivity index (χ2v) is 8.19. The fourth-order valence-corrected chi connectivity index (χ4v) is 4.28. The minimum Gasteiger partial charge on any atom is -0.334 e. The topological polar surface area (TPSA) is 58.6 Å². The van der Waals surface area contributed by atoms with Gasteiger partial charge in [0.05, 0.1) is 6.54 Å². The number of anilines is 1. The van der Waals surface area contributed by atoms with Crippen molar-refractivity contribution in [3.8, 4) is 10.6 Å². The van der Waals surface area contributed by atoms with Gasteiger partial charge in [0, 0.05) is 41.5 Å². The number of hydrogen-bond donors (Lipinski definition) is 0. The Morgan fingerprint density at radius 2 is 2.03 bits per heavy atom. The molecule has 150 valence electrons. The van der Waals surface area contributed by atoms with Crippen LogP contribution in [0.4, 0.5) is 5.82 Å². The standard InChI is InChI=1S/C22H24N4O2S/c1-15-12-16(2)24-20(13-15)26-10-9-25(14-17(3)28-26)22(27)19-7-5-4-6-18(19)21-23-8-11-29-21/h4-8,11-13,17H,9-10,14H2,1-3H3/t17-/m0/s1. The Balaban J connectivity index is 1.57. The molecule has 7 heteroatoms. The number of carbonyl (C=O) groups is 1. The van der Waals surface area contributed by atoms with Crippen molar-refractivity contribution in [3.05, 3.63) is 64.8 Å². The van der Waals surface area contributed by atoms with Crippen LogP contribution in [-0.2, 0) is 4.84 Å². The highest BCUT2D eigenvalue weighted by molar-refractivity contribution is 7.13. The van der Waals surface area contributed by atoms with E-state index in [4.69, 9.17) is 4.84 Å². The van der Waals surface area contributed by atoms with Crippen LogP contribution in [0.15, 0.2) is 48.0 Å². The molecule has 1 amide bonds. The van der Waals surface area contributed by atoms with Crippen molar-refractivity contribution < 1.29 is 9.63 Å². The summed E-state index contributed by atoms with van der Waals surface area (Å²) in [6.07, 6.45) is 1.62. The maximum absolute atomic E-state index is 13.4. The summed E-state index contributed by atoms with van der Waals surface area (Å²) in [6, 6.07) is 11.7. The van der Waals surface area contributed by atoms with Gasteiger partial charge >= 0.3 is 0 Å². The average Bonchev–Trinajstić information content (AvgIpc) is 3.16. The number of benzene rings is 1. The van der Waals surface area contributed by atoms with Gasteiger partial charge < -0.3 is 4.90 Å². The van der Waals surface area contributed by atoms with E-state index in [1.807, 2.05) is 72.5 Å². The van der Waals surface area contributed by atoms with Crippen LogP contribution in [0.3, 0.4) is 0 Å². The molecule has 1 fully saturated rings. The number of nitrogens with zero attached hydrogens (tertiary/aromatic N) is 4. The monoisotopic (exact) mass is 408 g/mol. The fraction of sp³-hybridized carbons (Fsp3) is 0.318. The van der Waals surface area contributed by atoms with Crippen LogP contribution in [0, 0.1) is 13.8 Å². The van der Waals surface area contributed by atoms with Crippen molar-refractivity contribution >= 4 is 23.1 Å². The molecule has 0 bridgehead atoms. The first-order valence-electron chi connectivity index (χ1n) is 9.69. The molecule has 0 spiro atoms. The zero-order chi connectivity index (χ0) is 20.4. The van der Waals surface area contributed by atoms with Gasteiger partial charge in [-0.1, -0.05) is 18.2 Å². The van der Waals surface area contributed by atoms with E-state index < -0.39 is 0 Å². The summed E-state index contributed by atoms with van der Waals surface area (Å²) in [5.41, 5.74) is 3.63. The molecule has 1 aromatic carbocycles. The summed E-state index contributed by atoms with van der Waals surface area (Å²) >= 11 is 1.54. The van der Waals surface area contributed by atoms with E-state index in [-0.39, 0.29) is 12.0 Å². The van der Waals surface area contributed by atoms with Crippen molar-refractivity contribution in [2.24, 2.45) is 0 Å². The van der Waals surface area contributed by atoms with E-state index in [0.29, 0.717) is 25.2 Å². The first kappa shape index (κ1) is 19.5. The Morgan fingerprint density at radius 1 is 1.21 bits per heavy atom. The predicted octanol–water partition coefficient (Wildman–Crippen LogP) is 4.10. The molecular formula is C22H24N4O2S. The highest BCUT2D eigenvalue weighted by Crippen LogP contribution is 2.27. The van der Waals surface area contributed by atoms with Gasteiger partial charge in [0.15, 0.2) is 5.82 Å². The lowest BCUT2D eigenvalue weighted by molar-refractivity contribution is 0.0423. The van der Waals surface area contributed by atoms with E-state index in [9.17, 15) is 4.79 Å². The van der Waals surface area contributed by atoms with Crippen LogP contribution < -0.4 is 5.06 Å². The van der Waals surface area contributed by atoms with Gasteiger partial charge in [-0.2, -0.15) is 0 Å². The Bertz CT molecular complexity index is 986. The highest BCUT2D eigenvalue weighted by Gasteiger charge is 2.27. The van der Waals surface area contributed by atoms with Crippen molar-refractivity contribution in [3.63, 3.8) is 0 Å². The van der Waals surface area contributed by atoms with Crippen LogP contribution in [0.25, 0.3) is 10.6 Å². The number of aryl methyl sites for hydroxylation is 2. The minimum atomic E-state index is -0.143. The summed E-state index contributed by atoms with van der Waals surface area (Å²) in [4.78, 5) is 30.3. The second kappa shape index (κ2) is 8.31. The second-order valence-electron chi connectivity index (χ2n) is 7.30. The summed E-state index contributed by atoms with van der Waals surface area (Å²) < 4.78 is 0. The predicted molar refractivity (Wildman–Crippen MR) is 115 cm³/mol. The molecule has 29 heavy (non-hydrogen) atoms. The lowest BCUT2D eigenvalue weighted by atomic mass is 10.1. The van der Waals surface area contributed by atoms with Crippen LogP contribution in [0.1, 0.15) is 28.5 Å². The first-order valence-corrected chi connectivity index (χ1v) is 10.6. The number of pyridine rings is 1. The molecule has 0 radical (unpaired) electrons. The number of carbonyl (C=O) groups excluding carboxylic acids is 1. The maximum Gasteiger partial charge on any atom is 0.254 e. The van der Waals surface area contributed by atoms with Gasteiger partial charge in [-0.05, 0) is 44.5 Å². The minimum absolute atomic E-state index is 0.00137. The molecule has 0 unspecified atom stereocenters. The molecule has 4 rings (SSSR count). The molecule has 1 aliphatic rings. The van der Waals surface area contributed by atoms with Crippen molar-refractivity contribution in [1.29, 1.82) is 0 Å². The average molecular weight is 409 g/mol. The number of hydroxylamine groups is 1. The SMILES string of the molecule is Cc1cc(C)nc(N2CCN(C(=O)c3ccccc3-c3nccs3)C[C@H](C)O2)c1. The number of amides is 1. The van der Waals surface area contributed by atoms with Gasteiger partial charge in [0.2, 0.25) is 0 Å². The van der Waals surface area contributed by atoms with Gasteiger partial charge in [-0.3, -0.25) is 9.63 Å². The van der Waals surface area contributed by atoms with Crippen LogP contribution in [0.5, 0.6) is 0 Å². The largest absolute Gasteiger partial charge is 0.334 e. The summed E-state index contributed by atoms with van der Waals surface area (Å²) in [6.45, 7) is 7.64. The Labute approximate surface area is 174 Å². The third-order valence-corrected chi connectivity index (χ3v) is 5.61. The normalized spacial score (nSPS) is 17.3. The van der Waals surface area contributed by atoms with Crippen LogP contribution in [0.2, 0.25) is 0 Å². The Morgan fingerprint density at radius 3 is 2.79 bits per heavy atom. The maximum atomic E-state index is 13.4. The Kier molecular flexibility index (Phi) is 5.60. The molecule has 3 heterocycles. The molecular weight excluding hydrogens is 384 g/mol. The van der Waals surface area contributed by atoms with E-state index in [2.05, 4.69) is 9.97 Å². The summed E-state index contributed by atoms with van der Waals surface area (Å²) in [5, 5.41) is 4.59. The van der Waals surface area contributed by atoms with Gasteiger partial charge in [0.25, 0.3) is 5.91 Å². The van der Waals surface area contributed by atoms with Gasteiger partial charge in [0.1, 0.15) is 11.1 Å².